The minimum absolute atomic E-state index is 0.00308. The zero-order chi connectivity index (χ0) is 10.6. The highest BCUT2D eigenvalue weighted by Gasteiger charge is 2.10. The first-order chi connectivity index (χ1) is 6.65. The Bertz CT molecular complexity index is 341. The van der Waals surface area contributed by atoms with Crippen LogP contribution in [0, 0.1) is 10.1 Å². The van der Waals surface area contributed by atoms with Gasteiger partial charge in [-0.2, -0.15) is 0 Å². The molecule has 0 radical (unpaired) electrons. The van der Waals surface area contributed by atoms with Crippen molar-refractivity contribution in [2.24, 2.45) is 0 Å². The predicted octanol–water partition coefficient (Wildman–Crippen LogP) is 0.581. The van der Waals surface area contributed by atoms with E-state index in [9.17, 15) is 10.1 Å². The molecule has 0 heterocycles. The summed E-state index contributed by atoms with van der Waals surface area (Å²) in [7, 11) is 0. The molecule has 0 aliphatic carbocycles. The lowest BCUT2D eigenvalue weighted by molar-refractivity contribution is -0.383. The van der Waals surface area contributed by atoms with Crippen LogP contribution >= 0.6 is 0 Å². The number of nitro groups is 1. The zero-order valence-electron chi connectivity index (χ0n) is 7.43. The summed E-state index contributed by atoms with van der Waals surface area (Å²) in [5.74, 6) is 0. The lowest BCUT2D eigenvalue weighted by atomic mass is 10.2. The Labute approximate surface area is 80.5 Å². The van der Waals surface area contributed by atoms with Gasteiger partial charge in [0.2, 0.25) is 0 Å². The van der Waals surface area contributed by atoms with Gasteiger partial charge in [-0.05, 0) is 12.1 Å². The number of nitrogens with two attached hydrogens (primary N) is 1. The van der Waals surface area contributed by atoms with Crippen molar-refractivity contribution in [3.05, 3.63) is 28.3 Å². The van der Waals surface area contributed by atoms with Crippen LogP contribution < -0.4 is 11.1 Å². The van der Waals surface area contributed by atoms with Crippen molar-refractivity contribution in [3.63, 3.8) is 0 Å². The van der Waals surface area contributed by atoms with Crippen molar-refractivity contribution in [2.75, 3.05) is 24.2 Å². The van der Waals surface area contributed by atoms with Gasteiger partial charge in [-0.25, -0.2) is 0 Å². The van der Waals surface area contributed by atoms with Crippen LogP contribution in [0.15, 0.2) is 18.2 Å². The van der Waals surface area contributed by atoms with Gasteiger partial charge in [-0.3, -0.25) is 10.1 Å². The Morgan fingerprint density at radius 1 is 1.57 bits per heavy atom. The lowest BCUT2D eigenvalue weighted by Crippen LogP contribution is -2.06. The summed E-state index contributed by atoms with van der Waals surface area (Å²) in [4.78, 5) is 9.88. The molecule has 1 aromatic carbocycles. The molecule has 1 rings (SSSR count). The molecule has 0 unspecified atom stereocenters. The SMILES string of the molecule is Nc1cc(NCCO)ccc1[N+](=O)[O-]. The van der Waals surface area contributed by atoms with Gasteiger partial charge in [0, 0.05) is 18.3 Å². The number of aliphatic hydroxyl groups is 1. The molecule has 0 bridgehead atoms. The fourth-order valence-electron chi connectivity index (χ4n) is 1.03. The number of nitrogen functional groups attached to an aromatic ring is 1. The highest BCUT2D eigenvalue weighted by Crippen LogP contribution is 2.24. The Kier molecular flexibility index (Phi) is 3.24. The number of nitrogens with one attached hydrogen (secondary N) is 1. The van der Waals surface area contributed by atoms with Crippen molar-refractivity contribution < 1.29 is 10.0 Å². The molecule has 1 aromatic rings. The van der Waals surface area contributed by atoms with Gasteiger partial charge in [-0.1, -0.05) is 0 Å². The fourth-order valence-corrected chi connectivity index (χ4v) is 1.03. The van der Waals surface area contributed by atoms with E-state index in [4.69, 9.17) is 10.8 Å². The van der Waals surface area contributed by atoms with Crippen LogP contribution in [-0.2, 0) is 0 Å². The van der Waals surface area contributed by atoms with E-state index in [2.05, 4.69) is 5.32 Å². The van der Waals surface area contributed by atoms with Crippen LogP contribution in [0.4, 0.5) is 17.1 Å². The average Bonchev–Trinajstić information content (AvgIpc) is 2.14. The van der Waals surface area contributed by atoms with Crippen LogP contribution in [-0.4, -0.2) is 23.2 Å². The first-order valence-corrected chi connectivity index (χ1v) is 4.04. The maximum absolute atomic E-state index is 10.4. The van der Waals surface area contributed by atoms with E-state index in [1.165, 1.54) is 12.1 Å². The van der Waals surface area contributed by atoms with Gasteiger partial charge in [0.15, 0.2) is 0 Å². The van der Waals surface area contributed by atoms with Gasteiger partial charge < -0.3 is 16.2 Å². The molecule has 6 nitrogen and oxygen atoms in total. The summed E-state index contributed by atoms with van der Waals surface area (Å²) < 4.78 is 0. The number of anilines is 2. The smallest absolute Gasteiger partial charge is 0.292 e. The summed E-state index contributed by atoms with van der Waals surface area (Å²) in [6.45, 7) is 0.383. The molecule has 6 heteroatoms. The third-order valence-electron chi connectivity index (χ3n) is 1.67. The van der Waals surface area contributed by atoms with Gasteiger partial charge in [-0.15, -0.1) is 0 Å². The molecular formula is C8H11N3O3. The lowest BCUT2D eigenvalue weighted by Gasteiger charge is -2.04. The molecule has 0 spiro atoms. The molecule has 0 saturated heterocycles. The molecule has 0 aliphatic heterocycles. The van der Waals surface area contributed by atoms with E-state index in [1.54, 1.807) is 6.07 Å². The van der Waals surface area contributed by atoms with Crippen molar-refractivity contribution in [1.82, 2.24) is 0 Å². The molecule has 0 aliphatic rings. The van der Waals surface area contributed by atoms with E-state index in [0.717, 1.165) is 0 Å². The second-order valence-electron chi connectivity index (χ2n) is 2.68. The predicted molar refractivity (Wildman–Crippen MR) is 53.1 cm³/mol. The highest BCUT2D eigenvalue weighted by molar-refractivity contribution is 5.65. The summed E-state index contributed by atoms with van der Waals surface area (Å²) >= 11 is 0. The number of benzene rings is 1. The largest absolute Gasteiger partial charge is 0.395 e. The van der Waals surface area contributed by atoms with Gasteiger partial charge in [0.25, 0.3) is 5.69 Å². The molecule has 0 fully saturated rings. The van der Waals surface area contributed by atoms with Gasteiger partial charge in [0.1, 0.15) is 5.69 Å². The third kappa shape index (κ3) is 2.33. The number of hydrogen-bond acceptors (Lipinski definition) is 5. The standard InChI is InChI=1S/C8H11N3O3/c9-7-5-6(10-3-4-12)1-2-8(7)11(13)14/h1-2,5,10,12H,3-4,9H2. The molecule has 0 amide bonds. The van der Waals surface area contributed by atoms with E-state index >= 15 is 0 Å². The molecule has 14 heavy (non-hydrogen) atoms. The van der Waals surface area contributed by atoms with Crippen molar-refractivity contribution in [1.29, 1.82) is 0 Å². The van der Waals surface area contributed by atoms with E-state index in [1.807, 2.05) is 0 Å². The molecular weight excluding hydrogens is 186 g/mol. The number of rotatable bonds is 4. The second kappa shape index (κ2) is 4.43. The molecule has 4 N–H and O–H groups in total. The van der Waals surface area contributed by atoms with Gasteiger partial charge in [0.05, 0.1) is 11.5 Å². The number of hydrogen-bond donors (Lipinski definition) is 3. The zero-order valence-corrected chi connectivity index (χ0v) is 7.43. The maximum atomic E-state index is 10.4. The second-order valence-corrected chi connectivity index (χ2v) is 2.68. The Morgan fingerprint density at radius 3 is 2.79 bits per heavy atom. The Hall–Kier alpha value is -1.82. The average molecular weight is 197 g/mol. The minimum Gasteiger partial charge on any atom is -0.395 e. The molecule has 0 aromatic heterocycles. The summed E-state index contributed by atoms with van der Waals surface area (Å²) in [6.07, 6.45) is 0. The fraction of sp³-hybridized carbons (Fsp3) is 0.250. The monoisotopic (exact) mass is 197 g/mol. The van der Waals surface area contributed by atoms with E-state index in [0.29, 0.717) is 12.2 Å². The highest BCUT2D eigenvalue weighted by atomic mass is 16.6. The topological polar surface area (TPSA) is 101 Å². The first kappa shape index (κ1) is 10.3. The summed E-state index contributed by atoms with van der Waals surface area (Å²) in [5, 5.41) is 21.8. The van der Waals surface area contributed by atoms with Crippen molar-refractivity contribution in [3.8, 4) is 0 Å². The number of aliphatic hydroxyl groups excluding tert-OH is 1. The summed E-state index contributed by atoms with van der Waals surface area (Å²) in [6, 6.07) is 4.34. The van der Waals surface area contributed by atoms with E-state index < -0.39 is 4.92 Å². The van der Waals surface area contributed by atoms with Crippen LogP contribution in [0.5, 0.6) is 0 Å². The minimum atomic E-state index is -0.537. The van der Waals surface area contributed by atoms with Crippen LogP contribution in [0.1, 0.15) is 0 Å². The quantitative estimate of drug-likeness (QED) is 0.372. The molecule has 0 atom stereocenters. The Morgan fingerprint density at radius 2 is 2.29 bits per heavy atom. The van der Waals surface area contributed by atoms with Crippen molar-refractivity contribution in [2.45, 2.75) is 0 Å². The van der Waals surface area contributed by atoms with Crippen LogP contribution in [0.2, 0.25) is 0 Å². The van der Waals surface area contributed by atoms with Crippen LogP contribution in [0.25, 0.3) is 0 Å². The van der Waals surface area contributed by atoms with Gasteiger partial charge >= 0.3 is 0 Å². The molecule has 0 saturated carbocycles. The number of nitrogens with zero attached hydrogens (tertiary/aromatic N) is 1. The maximum Gasteiger partial charge on any atom is 0.292 e. The normalized spacial score (nSPS) is 9.79. The third-order valence-corrected chi connectivity index (χ3v) is 1.67. The Balaban J connectivity index is 2.83. The van der Waals surface area contributed by atoms with E-state index in [-0.39, 0.29) is 18.0 Å². The summed E-state index contributed by atoms with van der Waals surface area (Å²) in [5.41, 5.74) is 6.10. The first-order valence-electron chi connectivity index (χ1n) is 4.04. The molecule has 76 valence electrons. The van der Waals surface area contributed by atoms with Crippen LogP contribution in [0.3, 0.4) is 0 Å². The number of nitro benzene ring substituents is 1. The van der Waals surface area contributed by atoms with Crippen molar-refractivity contribution >= 4 is 17.1 Å².